The molecule has 0 radical (unpaired) electrons. The van der Waals surface area contributed by atoms with Crippen molar-refractivity contribution in [3.05, 3.63) is 58.4 Å². The van der Waals surface area contributed by atoms with Gasteiger partial charge < -0.3 is 8.97 Å². The van der Waals surface area contributed by atoms with Gasteiger partial charge in [-0.3, -0.25) is 9.36 Å². The zero-order valence-corrected chi connectivity index (χ0v) is 22.5. The van der Waals surface area contributed by atoms with Gasteiger partial charge >= 0.3 is 0 Å². The summed E-state index contributed by atoms with van der Waals surface area (Å²) in [5.74, 6) is 0.0610. The van der Waals surface area contributed by atoms with E-state index >= 15 is 0 Å². The molecule has 0 aliphatic heterocycles. The maximum Gasteiger partial charge on any atom is 0.262 e. The van der Waals surface area contributed by atoms with E-state index in [0.29, 0.717) is 0 Å². The van der Waals surface area contributed by atoms with E-state index in [0.717, 1.165) is 39.0 Å². The summed E-state index contributed by atoms with van der Waals surface area (Å²) in [6, 6.07) is 9.56. The standard InChI is InChI=1S/C21H33N3O.2HI/c1-16-19(14-23(3,4)5)20(15-24(6,7)8)17(2)22(16)21(25)18-12-10-9-11-13-18;;/h9-13H,14-15H2,1-8H3;2*1H/q+2;;. The molecule has 0 atom stereocenters. The molecule has 0 unspecified atom stereocenters. The van der Waals surface area contributed by atoms with Crippen LogP contribution in [0.2, 0.25) is 0 Å². The van der Waals surface area contributed by atoms with E-state index in [9.17, 15) is 4.79 Å². The molecule has 0 spiro atoms. The minimum Gasteiger partial charge on any atom is -0.327 e. The largest absolute Gasteiger partial charge is 0.327 e. The Morgan fingerprint density at radius 3 is 1.48 bits per heavy atom. The van der Waals surface area contributed by atoms with Gasteiger partial charge in [-0.1, -0.05) is 18.2 Å². The summed E-state index contributed by atoms with van der Waals surface area (Å²) < 4.78 is 3.59. The van der Waals surface area contributed by atoms with Crippen LogP contribution in [0.25, 0.3) is 0 Å². The van der Waals surface area contributed by atoms with Gasteiger partial charge in [0, 0.05) is 28.1 Å². The third-order valence-electron chi connectivity index (χ3n) is 4.40. The van der Waals surface area contributed by atoms with E-state index in [-0.39, 0.29) is 53.9 Å². The molecule has 1 aromatic carbocycles. The fraction of sp³-hybridized carbons (Fsp3) is 0.476. The highest BCUT2D eigenvalue weighted by molar-refractivity contribution is 14.0. The highest BCUT2D eigenvalue weighted by atomic mass is 127. The Morgan fingerprint density at radius 1 is 0.778 bits per heavy atom. The molecule has 0 saturated heterocycles. The third kappa shape index (κ3) is 6.83. The summed E-state index contributed by atoms with van der Waals surface area (Å²) in [7, 11) is 13.2. The number of carbonyl (C=O) groups is 1. The summed E-state index contributed by atoms with van der Waals surface area (Å²) in [5.41, 5.74) is 5.49. The average Bonchev–Trinajstić information content (AvgIpc) is 2.69. The van der Waals surface area contributed by atoms with Gasteiger partial charge in [0.05, 0.1) is 42.3 Å². The summed E-state index contributed by atoms with van der Waals surface area (Å²) in [6.07, 6.45) is 0. The normalized spacial score (nSPS) is 11.6. The number of nitrogens with zero attached hydrogens (tertiary/aromatic N) is 3. The van der Waals surface area contributed by atoms with Gasteiger partial charge in [0.25, 0.3) is 5.91 Å². The smallest absolute Gasteiger partial charge is 0.262 e. The second kappa shape index (κ2) is 9.84. The van der Waals surface area contributed by atoms with Crippen LogP contribution in [0.4, 0.5) is 0 Å². The zero-order chi connectivity index (χ0) is 19.0. The fourth-order valence-electron chi connectivity index (χ4n) is 3.34. The molecule has 152 valence electrons. The number of rotatable bonds is 5. The molecule has 1 heterocycles. The Bertz CT molecular complexity index is 730. The molecule has 0 amide bonds. The Labute approximate surface area is 198 Å². The van der Waals surface area contributed by atoms with Crippen molar-refractivity contribution in [2.45, 2.75) is 26.9 Å². The highest BCUT2D eigenvalue weighted by Gasteiger charge is 2.28. The van der Waals surface area contributed by atoms with E-state index in [1.54, 1.807) is 0 Å². The predicted octanol–water partition coefficient (Wildman–Crippen LogP) is 4.44. The Kier molecular flexibility index (Phi) is 9.68. The van der Waals surface area contributed by atoms with Crippen molar-refractivity contribution >= 4 is 53.9 Å². The number of benzene rings is 1. The number of hydrogen-bond acceptors (Lipinski definition) is 1. The number of aromatic nitrogens is 1. The van der Waals surface area contributed by atoms with E-state index in [1.165, 1.54) is 11.1 Å². The topological polar surface area (TPSA) is 22.0 Å². The minimum atomic E-state index is 0. The van der Waals surface area contributed by atoms with Gasteiger partial charge in [-0.25, -0.2) is 0 Å². The predicted molar refractivity (Wildman–Crippen MR) is 134 cm³/mol. The van der Waals surface area contributed by atoms with Crippen molar-refractivity contribution in [1.82, 2.24) is 4.57 Å². The van der Waals surface area contributed by atoms with Crippen LogP contribution in [0.3, 0.4) is 0 Å². The van der Waals surface area contributed by atoms with Gasteiger partial charge in [0.1, 0.15) is 13.1 Å². The SMILES string of the molecule is Cc1c(C[N+](C)(C)C)c(C[N+](C)(C)C)c(C)n1C(=O)c1ccccc1.I.I. The molecule has 4 nitrogen and oxygen atoms in total. The summed E-state index contributed by atoms with van der Waals surface area (Å²) in [4.78, 5) is 13.1. The maximum atomic E-state index is 13.1. The van der Waals surface area contributed by atoms with Crippen LogP contribution in [-0.4, -0.2) is 61.7 Å². The molecule has 2 rings (SSSR count). The first kappa shape index (κ1) is 26.6. The van der Waals surface area contributed by atoms with Crippen molar-refractivity contribution < 1.29 is 13.8 Å². The monoisotopic (exact) mass is 599 g/mol. The molecule has 2 aromatic rings. The minimum absolute atomic E-state index is 0. The first-order valence-electron chi connectivity index (χ1n) is 8.81. The Balaban J connectivity index is 0.00000338. The lowest BCUT2D eigenvalue weighted by Crippen LogP contribution is -2.36. The molecular weight excluding hydrogens is 564 g/mol. The van der Waals surface area contributed by atoms with E-state index in [2.05, 4.69) is 56.1 Å². The van der Waals surface area contributed by atoms with Crippen LogP contribution in [0.1, 0.15) is 32.9 Å². The summed E-state index contributed by atoms with van der Waals surface area (Å²) in [6.45, 7) is 5.99. The van der Waals surface area contributed by atoms with Crippen LogP contribution in [0.15, 0.2) is 30.3 Å². The molecule has 6 heteroatoms. The van der Waals surface area contributed by atoms with E-state index in [4.69, 9.17) is 0 Å². The van der Waals surface area contributed by atoms with Gasteiger partial charge in [-0.2, -0.15) is 0 Å². The quantitative estimate of drug-likeness (QED) is 0.368. The Hall–Kier alpha value is -0.450. The zero-order valence-electron chi connectivity index (χ0n) is 17.9. The molecule has 0 fully saturated rings. The number of hydrogen-bond donors (Lipinski definition) is 0. The molecule has 0 aliphatic carbocycles. The lowest BCUT2D eigenvalue weighted by Gasteiger charge is -2.27. The van der Waals surface area contributed by atoms with Gasteiger partial charge in [0.2, 0.25) is 0 Å². The van der Waals surface area contributed by atoms with Crippen molar-refractivity contribution in [2.75, 3.05) is 42.3 Å². The van der Waals surface area contributed by atoms with Gasteiger partial charge in [-0.05, 0) is 26.0 Å². The van der Waals surface area contributed by atoms with Crippen molar-refractivity contribution in [1.29, 1.82) is 0 Å². The van der Waals surface area contributed by atoms with Gasteiger partial charge in [-0.15, -0.1) is 48.0 Å². The molecular formula is C21H35I2N3O+2. The number of quaternary nitrogens is 2. The van der Waals surface area contributed by atoms with Crippen LogP contribution in [0.5, 0.6) is 0 Å². The third-order valence-corrected chi connectivity index (χ3v) is 4.40. The van der Waals surface area contributed by atoms with Crippen molar-refractivity contribution in [3.63, 3.8) is 0 Å². The first-order valence-corrected chi connectivity index (χ1v) is 8.81. The summed E-state index contributed by atoms with van der Waals surface area (Å²) in [5, 5.41) is 0. The maximum absolute atomic E-state index is 13.1. The molecule has 0 N–H and O–H groups in total. The first-order chi connectivity index (χ1) is 11.4. The van der Waals surface area contributed by atoms with Crippen LogP contribution >= 0.6 is 48.0 Å². The van der Waals surface area contributed by atoms with Crippen LogP contribution in [0, 0.1) is 13.8 Å². The second-order valence-corrected chi connectivity index (χ2v) is 9.03. The lowest BCUT2D eigenvalue weighted by atomic mass is 10.1. The van der Waals surface area contributed by atoms with Gasteiger partial charge in [0.15, 0.2) is 0 Å². The van der Waals surface area contributed by atoms with Crippen molar-refractivity contribution in [3.8, 4) is 0 Å². The molecule has 27 heavy (non-hydrogen) atoms. The second-order valence-electron chi connectivity index (χ2n) is 9.03. The molecule has 0 saturated carbocycles. The van der Waals surface area contributed by atoms with E-state index in [1.807, 2.05) is 34.9 Å². The lowest BCUT2D eigenvalue weighted by molar-refractivity contribution is -0.887. The average molecular weight is 599 g/mol. The van der Waals surface area contributed by atoms with Crippen molar-refractivity contribution in [2.24, 2.45) is 0 Å². The van der Waals surface area contributed by atoms with Crippen LogP contribution in [-0.2, 0) is 13.1 Å². The summed E-state index contributed by atoms with van der Waals surface area (Å²) >= 11 is 0. The number of carbonyl (C=O) groups excluding carboxylic acids is 1. The van der Waals surface area contributed by atoms with E-state index < -0.39 is 0 Å². The number of halogens is 2. The molecule has 1 aromatic heterocycles. The fourth-order valence-corrected chi connectivity index (χ4v) is 3.34. The highest BCUT2D eigenvalue weighted by Crippen LogP contribution is 2.28. The Morgan fingerprint density at radius 2 is 1.15 bits per heavy atom. The van der Waals surface area contributed by atoms with Crippen LogP contribution < -0.4 is 0 Å². The molecule has 0 aliphatic rings. The molecule has 0 bridgehead atoms.